The number of hydrogen-bond donors (Lipinski definition) is 1. The quantitative estimate of drug-likeness (QED) is 0.805. The average Bonchev–Trinajstić information content (AvgIpc) is 2.65. The van der Waals surface area contributed by atoms with Gasteiger partial charge in [0.1, 0.15) is 5.15 Å². The summed E-state index contributed by atoms with van der Waals surface area (Å²) in [6.45, 7) is 0. The van der Waals surface area contributed by atoms with E-state index in [1.54, 1.807) is 13.3 Å². The predicted octanol–water partition coefficient (Wildman–Crippen LogP) is 2.71. The number of methoxy groups -OCH3 is 1. The Labute approximate surface area is 94.8 Å². The van der Waals surface area contributed by atoms with Crippen molar-refractivity contribution in [2.24, 2.45) is 0 Å². The summed E-state index contributed by atoms with van der Waals surface area (Å²) in [7, 11) is 1.77. The minimum absolute atomic E-state index is 0.317. The van der Waals surface area contributed by atoms with E-state index in [2.05, 4.69) is 10.3 Å². The Morgan fingerprint density at radius 2 is 2.40 bits per heavy atom. The minimum Gasteiger partial charge on any atom is -0.380 e. The number of anilines is 1. The van der Waals surface area contributed by atoms with Gasteiger partial charge in [-0.15, -0.1) is 0 Å². The first-order valence-electron chi connectivity index (χ1n) is 5.20. The second-order valence-electron chi connectivity index (χ2n) is 3.82. The van der Waals surface area contributed by atoms with E-state index in [4.69, 9.17) is 16.3 Å². The van der Waals surface area contributed by atoms with Gasteiger partial charge in [0, 0.05) is 19.0 Å². The van der Waals surface area contributed by atoms with Crippen LogP contribution in [-0.2, 0) is 4.74 Å². The monoisotopic (exact) mass is 226 g/mol. The van der Waals surface area contributed by atoms with Crippen molar-refractivity contribution in [2.75, 3.05) is 12.4 Å². The Bertz CT molecular complexity index is 332. The molecule has 3 nitrogen and oxygen atoms in total. The van der Waals surface area contributed by atoms with Crippen LogP contribution < -0.4 is 5.32 Å². The van der Waals surface area contributed by atoms with Crippen LogP contribution in [0.25, 0.3) is 0 Å². The van der Waals surface area contributed by atoms with Crippen LogP contribution in [0.15, 0.2) is 18.3 Å². The molecule has 1 fully saturated rings. The SMILES string of the molecule is COC1CCCC1Nc1ccnc(Cl)c1. The zero-order chi connectivity index (χ0) is 10.7. The van der Waals surface area contributed by atoms with E-state index in [1.165, 1.54) is 6.42 Å². The van der Waals surface area contributed by atoms with Crippen molar-refractivity contribution in [3.05, 3.63) is 23.5 Å². The lowest BCUT2D eigenvalue weighted by Gasteiger charge is -2.20. The van der Waals surface area contributed by atoms with Crippen LogP contribution in [0, 0.1) is 0 Å². The molecule has 0 bridgehead atoms. The highest BCUT2D eigenvalue weighted by Gasteiger charge is 2.26. The highest BCUT2D eigenvalue weighted by molar-refractivity contribution is 6.29. The van der Waals surface area contributed by atoms with E-state index in [0.717, 1.165) is 18.5 Å². The van der Waals surface area contributed by atoms with E-state index in [9.17, 15) is 0 Å². The molecule has 0 amide bonds. The van der Waals surface area contributed by atoms with Crippen molar-refractivity contribution in [3.63, 3.8) is 0 Å². The third-order valence-corrected chi connectivity index (χ3v) is 3.04. The summed E-state index contributed by atoms with van der Waals surface area (Å²) >= 11 is 5.82. The van der Waals surface area contributed by atoms with Gasteiger partial charge in [0.25, 0.3) is 0 Å². The summed E-state index contributed by atoms with van der Waals surface area (Å²) in [4.78, 5) is 3.95. The Morgan fingerprint density at radius 1 is 1.53 bits per heavy atom. The maximum absolute atomic E-state index is 5.82. The lowest BCUT2D eigenvalue weighted by atomic mass is 10.2. The van der Waals surface area contributed by atoms with Gasteiger partial charge in [-0.3, -0.25) is 0 Å². The molecule has 1 aromatic rings. The fourth-order valence-corrected chi connectivity index (χ4v) is 2.25. The van der Waals surface area contributed by atoms with Crippen molar-refractivity contribution in [1.29, 1.82) is 0 Å². The van der Waals surface area contributed by atoms with Gasteiger partial charge in [-0.25, -0.2) is 4.98 Å². The number of nitrogens with zero attached hydrogens (tertiary/aromatic N) is 1. The largest absolute Gasteiger partial charge is 0.380 e. The molecule has 2 atom stereocenters. The summed E-state index contributed by atoms with van der Waals surface area (Å²) in [6.07, 6.45) is 5.53. The highest BCUT2D eigenvalue weighted by atomic mass is 35.5. The van der Waals surface area contributed by atoms with Crippen LogP contribution >= 0.6 is 11.6 Å². The first-order chi connectivity index (χ1) is 7.29. The van der Waals surface area contributed by atoms with E-state index in [1.807, 2.05) is 12.1 Å². The summed E-state index contributed by atoms with van der Waals surface area (Å²) in [5, 5.41) is 3.95. The summed E-state index contributed by atoms with van der Waals surface area (Å²) in [6, 6.07) is 4.16. The van der Waals surface area contributed by atoms with Gasteiger partial charge in [0.15, 0.2) is 0 Å². The van der Waals surface area contributed by atoms with Gasteiger partial charge in [0.2, 0.25) is 0 Å². The molecule has 0 aromatic carbocycles. The van der Waals surface area contributed by atoms with E-state index >= 15 is 0 Å². The van der Waals surface area contributed by atoms with Gasteiger partial charge >= 0.3 is 0 Å². The van der Waals surface area contributed by atoms with Crippen molar-refractivity contribution in [2.45, 2.75) is 31.4 Å². The topological polar surface area (TPSA) is 34.1 Å². The van der Waals surface area contributed by atoms with E-state index in [0.29, 0.717) is 17.3 Å². The number of pyridine rings is 1. The third kappa shape index (κ3) is 2.61. The molecule has 1 aliphatic carbocycles. The first-order valence-corrected chi connectivity index (χ1v) is 5.58. The van der Waals surface area contributed by atoms with Gasteiger partial charge in [-0.2, -0.15) is 0 Å². The predicted molar refractivity (Wildman–Crippen MR) is 61.3 cm³/mol. The maximum atomic E-state index is 5.82. The molecule has 82 valence electrons. The Morgan fingerprint density at radius 3 is 3.13 bits per heavy atom. The minimum atomic E-state index is 0.317. The highest BCUT2D eigenvalue weighted by Crippen LogP contribution is 2.25. The van der Waals surface area contributed by atoms with Crippen LogP contribution in [0.3, 0.4) is 0 Å². The van der Waals surface area contributed by atoms with Crippen LogP contribution in [0.5, 0.6) is 0 Å². The Hall–Kier alpha value is -0.800. The normalized spacial score (nSPS) is 25.5. The maximum Gasteiger partial charge on any atom is 0.131 e. The molecule has 2 unspecified atom stereocenters. The summed E-state index contributed by atoms with van der Waals surface area (Å²) in [5.74, 6) is 0. The van der Waals surface area contributed by atoms with Crippen LogP contribution in [0.4, 0.5) is 5.69 Å². The van der Waals surface area contributed by atoms with Crippen LogP contribution in [0.1, 0.15) is 19.3 Å². The van der Waals surface area contributed by atoms with E-state index in [-0.39, 0.29) is 0 Å². The fourth-order valence-electron chi connectivity index (χ4n) is 2.08. The van der Waals surface area contributed by atoms with E-state index < -0.39 is 0 Å². The molecule has 1 saturated carbocycles. The Balaban J connectivity index is 2.02. The van der Waals surface area contributed by atoms with Gasteiger partial charge in [-0.1, -0.05) is 11.6 Å². The molecule has 4 heteroatoms. The van der Waals surface area contributed by atoms with Gasteiger partial charge in [0.05, 0.1) is 12.1 Å². The Kier molecular flexibility index (Phi) is 3.44. The van der Waals surface area contributed by atoms with Crippen LogP contribution in [-0.4, -0.2) is 24.2 Å². The molecule has 0 saturated heterocycles. The number of rotatable bonds is 3. The molecule has 0 radical (unpaired) electrons. The van der Waals surface area contributed by atoms with Crippen molar-refractivity contribution < 1.29 is 4.74 Å². The molecule has 1 heterocycles. The van der Waals surface area contributed by atoms with Gasteiger partial charge in [-0.05, 0) is 31.4 Å². The number of halogens is 1. The van der Waals surface area contributed by atoms with Crippen molar-refractivity contribution >= 4 is 17.3 Å². The molecule has 1 aliphatic rings. The second kappa shape index (κ2) is 4.81. The average molecular weight is 227 g/mol. The number of nitrogens with one attached hydrogen (secondary N) is 1. The first kappa shape index (κ1) is 10.7. The molecular formula is C11H15ClN2O. The smallest absolute Gasteiger partial charge is 0.131 e. The molecule has 1 aromatic heterocycles. The number of aromatic nitrogens is 1. The number of hydrogen-bond acceptors (Lipinski definition) is 3. The molecule has 0 spiro atoms. The zero-order valence-electron chi connectivity index (χ0n) is 8.74. The summed E-state index contributed by atoms with van der Waals surface area (Å²) < 4.78 is 5.42. The zero-order valence-corrected chi connectivity index (χ0v) is 9.50. The fraction of sp³-hybridized carbons (Fsp3) is 0.545. The third-order valence-electron chi connectivity index (χ3n) is 2.83. The standard InChI is InChI=1S/C11H15ClN2O/c1-15-10-4-2-3-9(10)14-8-5-6-13-11(12)7-8/h5-7,9-10H,2-4H2,1H3,(H,13,14). The van der Waals surface area contributed by atoms with Crippen LogP contribution in [0.2, 0.25) is 5.15 Å². The second-order valence-corrected chi connectivity index (χ2v) is 4.21. The molecule has 15 heavy (non-hydrogen) atoms. The van der Waals surface area contributed by atoms with Crippen molar-refractivity contribution in [1.82, 2.24) is 4.98 Å². The lowest BCUT2D eigenvalue weighted by Crippen LogP contribution is -2.29. The van der Waals surface area contributed by atoms with Crippen molar-refractivity contribution in [3.8, 4) is 0 Å². The molecule has 2 rings (SSSR count). The molecule has 0 aliphatic heterocycles. The molecular weight excluding hydrogens is 212 g/mol. The molecule has 1 N–H and O–H groups in total. The lowest BCUT2D eigenvalue weighted by molar-refractivity contribution is 0.101. The summed E-state index contributed by atoms with van der Waals surface area (Å²) in [5.41, 5.74) is 1.02. The number of ether oxygens (including phenoxy) is 1. The van der Waals surface area contributed by atoms with Gasteiger partial charge < -0.3 is 10.1 Å².